The molecule has 0 fully saturated rings. The molecule has 0 amide bonds. The third-order valence-electron chi connectivity index (χ3n) is 2.77. The molecule has 0 aliphatic carbocycles. The monoisotopic (exact) mass is 293 g/mol. The van der Waals surface area contributed by atoms with E-state index in [1.54, 1.807) is 24.5 Å². The Kier molecular flexibility index (Phi) is 4.79. The molecule has 1 aromatic heterocycles. The Morgan fingerprint density at radius 1 is 1.35 bits per heavy atom. The molecule has 2 rings (SSSR count). The Morgan fingerprint density at radius 3 is 2.80 bits per heavy atom. The molecule has 0 atom stereocenters. The van der Waals surface area contributed by atoms with Gasteiger partial charge in [0.05, 0.1) is 7.11 Å². The fraction of sp³-hybridized carbons (Fsp3) is 0.429. The summed E-state index contributed by atoms with van der Waals surface area (Å²) in [5, 5.41) is 23.1. The molecule has 6 heteroatoms. The molecule has 0 saturated heterocycles. The lowest BCUT2D eigenvalue weighted by Crippen LogP contribution is -1.99. The number of aromatic nitrogens is 2. The minimum Gasteiger partial charge on any atom is -0.507 e. The minimum atomic E-state index is 0.212. The van der Waals surface area contributed by atoms with Crippen LogP contribution in [-0.2, 0) is 13.0 Å². The number of ether oxygens (including phenoxy) is 1. The first-order valence-electron chi connectivity index (χ1n) is 6.50. The fourth-order valence-electron chi connectivity index (χ4n) is 1.75. The van der Waals surface area contributed by atoms with Crippen LogP contribution in [0.15, 0.2) is 18.2 Å². The Morgan fingerprint density at radius 2 is 2.15 bits per heavy atom. The van der Waals surface area contributed by atoms with Crippen molar-refractivity contribution in [2.45, 2.75) is 26.8 Å². The van der Waals surface area contributed by atoms with E-state index in [-0.39, 0.29) is 5.75 Å². The van der Waals surface area contributed by atoms with Crippen molar-refractivity contribution in [1.29, 1.82) is 0 Å². The molecule has 5 nitrogen and oxygen atoms in total. The van der Waals surface area contributed by atoms with E-state index in [0.29, 0.717) is 18.2 Å². The molecule has 1 aromatic carbocycles. The van der Waals surface area contributed by atoms with Gasteiger partial charge in [0.15, 0.2) is 0 Å². The number of phenolic OH excluding ortho intramolecular Hbond substituents is 1. The second kappa shape index (κ2) is 6.56. The highest BCUT2D eigenvalue weighted by atomic mass is 32.1. The minimum absolute atomic E-state index is 0.212. The zero-order valence-corrected chi connectivity index (χ0v) is 12.7. The normalized spacial score (nSPS) is 10.8. The number of methoxy groups -OCH3 is 1. The maximum absolute atomic E-state index is 9.87. The van der Waals surface area contributed by atoms with Gasteiger partial charge in [0.2, 0.25) is 5.13 Å². The zero-order chi connectivity index (χ0) is 14.5. The fourth-order valence-corrected chi connectivity index (χ4v) is 2.70. The second-order valence-corrected chi connectivity index (χ2v) is 6.01. The van der Waals surface area contributed by atoms with E-state index in [1.807, 2.05) is 12.1 Å². The van der Waals surface area contributed by atoms with Crippen molar-refractivity contribution in [3.63, 3.8) is 0 Å². The van der Waals surface area contributed by atoms with E-state index in [2.05, 4.69) is 29.4 Å². The number of anilines is 1. The SMILES string of the molecule is COc1ccc(CNc2nnc(CC(C)C)s2)c(O)c1. The molecular formula is C14H19N3O2S. The molecule has 0 bridgehead atoms. The van der Waals surface area contributed by atoms with E-state index in [4.69, 9.17) is 4.74 Å². The molecule has 2 aromatic rings. The van der Waals surface area contributed by atoms with Gasteiger partial charge in [-0.2, -0.15) is 0 Å². The van der Waals surface area contributed by atoms with Crippen molar-refractivity contribution in [2.75, 3.05) is 12.4 Å². The Hall–Kier alpha value is -1.82. The molecule has 0 aliphatic rings. The molecular weight excluding hydrogens is 274 g/mol. The maximum atomic E-state index is 9.87. The topological polar surface area (TPSA) is 67.3 Å². The van der Waals surface area contributed by atoms with Crippen LogP contribution in [0.25, 0.3) is 0 Å². The summed E-state index contributed by atoms with van der Waals surface area (Å²) < 4.78 is 5.05. The van der Waals surface area contributed by atoms with Gasteiger partial charge in [0.1, 0.15) is 16.5 Å². The van der Waals surface area contributed by atoms with Gasteiger partial charge in [0.25, 0.3) is 0 Å². The van der Waals surface area contributed by atoms with Gasteiger partial charge in [-0.25, -0.2) is 0 Å². The molecule has 0 unspecified atom stereocenters. The number of hydrogen-bond donors (Lipinski definition) is 2. The number of nitrogens with one attached hydrogen (secondary N) is 1. The summed E-state index contributed by atoms with van der Waals surface area (Å²) in [6.45, 7) is 4.82. The van der Waals surface area contributed by atoms with Crippen LogP contribution < -0.4 is 10.1 Å². The number of rotatable bonds is 6. The molecule has 0 radical (unpaired) electrons. The molecule has 108 valence electrons. The third kappa shape index (κ3) is 3.84. The van der Waals surface area contributed by atoms with Crippen LogP contribution in [0.4, 0.5) is 5.13 Å². The van der Waals surface area contributed by atoms with Crippen LogP contribution in [0.2, 0.25) is 0 Å². The number of hydrogen-bond acceptors (Lipinski definition) is 6. The lowest BCUT2D eigenvalue weighted by atomic mass is 10.1. The lowest BCUT2D eigenvalue weighted by molar-refractivity contribution is 0.406. The van der Waals surface area contributed by atoms with Crippen LogP contribution in [0, 0.1) is 5.92 Å². The standard InChI is InChI=1S/C14H19N3O2S/c1-9(2)6-13-16-17-14(20-13)15-8-10-4-5-11(19-3)7-12(10)18/h4-5,7,9,18H,6,8H2,1-3H3,(H,15,17). The first kappa shape index (κ1) is 14.6. The van der Waals surface area contributed by atoms with Crippen molar-refractivity contribution in [1.82, 2.24) is 10.2 Å². The second-order valence-electron chi connectivity index (χ2n) is 4.95. The highest BCUT2D eigenvalue weighted by Crippen LogP contribution is 2.25. The number of aromatic hydroxyl groups is 1. The molecule has 0 aliphatic heterocycles. The summed E-state index contributed by atoms with van der Waals surface area (Å²) in [5.41, 5.74) is 0.798. The summed E-state index contributed by atoms with van der Waals surface area (Å²) in [4.78, 5) is 0. The van der Waals surface area contributed by atoms with Gasteiger partial charge in [-0.05, 0) is 18.1 Å². The smallest absolute Gasteiger partial charge is 0.205 e. The van der Waals surface area contributed by atoms with Gasteiger partial charge < -0.3 is 15.2 Å². The van der Waals surface area contributed by atoms with Crippen molar-refractivity contribution >= 4 is 16.5 Å². The highest BCUT2D eigenvalue weighted by molar-refractivity contribution is 7.15. The Balaban J connectivity index is 1.96. The first-order chi connectivity index (χ1) is 9.58. The van der Waals surface area contributed by atoms with Crippen LogP contribution in [0.1, 0.15) is 24.4 Å². The lowest BCUT2D eigenvalue weighted by Gasteiger charge is -2.07. The van der Waals surface area contributed by atoms with Crippen molar-refractivity contribution < 1.29 is 9.84 Å². The van der Waals surface area contributed by atoms with Crippen molar-refractivity contribution in [3.8, 4) is 11.5 Å². The summed E-state index contributed by atoms with van der Waals surface area (Å²) in [7, 11) is 1.57. The number of nitrogens with zero attached hydrogens (tertiary/aromatic N) is 2. The molecule has 20 heavy (non-hydrogen) atoms. The summed E-state index contributed by atoms with van der Waals surface area (Å²) in [5.74, 6) is 1.42. The van der Waals surface area contributed by atoms with Crippen LogP contribution in [0.3, 0.4) is 0 Å². The summed E-state index contributed by atoms with van der Waals surface area (Å²) in [6, 6.07) is 5.25. The van der Waals surface area contributed by atoms with Gasteiger partial charge in [-0.15, -0.1) is 10.2 Å². The van der Waals surface area contributed by atoms with E-state index < -0.39 is 0 Å². The third-order valence-corrected chi connectivity index (χ3v) is 3.68. The van der Waals surface area contributed by atoms with Crippen molar-refractivity contribution in [2.24, 2.45) is 5.92 Å². The predicted molar refractivity (Wildman–Crippen MR) is 80.4 cm³/mol. The van der Waals surface area contributed by atoms with E-state index >= 15 is 0 Å². The molecule has 0 saturated carbocycles. The van der Waals surface area contributed by atoms with Gasteiger partial charge in [0, 0.05) is 24.6 Å². The van der Waals surface area contributed by atoms with Crippen LogP contribution >= 0.6 is 11.3 Å². The van der Waals surface area contributed by atoms with Gasteiger partial charge >= 0.3 is 0 Å². The first-order valence-corrected chi connectivity index (χ1v) is 7.32. The molecule has 0 spiro atoms. The Labute approximate surface area is 122 Å². The average Bonchev–Trinajstić information content (AvgIpc) is 2.84. The largest absolute Gasteiger partial charge is 0.507 e. The Bertz CT molecular complexity index is 569. The average molecular weight is 293 g/mol. The van der Waals surface area contributed by atoms with Crippen LogP contribution in [0.5, 0.6) is 11.5 Å². The maximum Gasteiger partial charge on any atom is 0.205 e. The van der Waals surface area contributed by atoms with E-state index in [9.17, 15) is 5.11 Å². The van der Waals surface area contributed by atoms with E-state index in [1.165, 1.54) is 0 Å². The van der Waals surface area contributed by atoms with Gasteiger partial charge in [-0.1, -0.05) is 25.2 Å². The molecule has 2 N–H and O–H groups in total. The number of benzene rings is 1. The van der Waals surface area contributed by atoms with E-state index in [0.717, 1.165) is 22.1 Å². The summed E-state index contributed by atoms with van der Waals surface area (Å²) >= 11 is 1.55. The predicted octanol–water partition coefficient (Wildman–Crippen LogP) is 3.06. The van der Waals surface area contributed by atoms with Gasteiger partial charge in [-0.3, -0.25) is 0 Å². The summed E-state index contributed by atoms with van der Waals surface area (Å²) in [6.07, 6.45) is 0.938. The van der Waals surface area contributed by atoms with Crippen molar-refractivity contribution in [3.05, 3.63) is 28.8 Å². The number of phenols is 1. The molecule has 1 heterocycles. The zero-order valence-electron chi connectivity index (χ0n) is 11.9. The quantitative estimate of drug-likeness (QED) is 0.856. The highest BCUT2D eigenvalue weighted by Gasteiger charge is 2.07. The van der Waals surface area contributed by atoms with Crippen LogP contribution in [-0.4, -0.2) is 22.4 Å².